The molecule has 5 nitrogen and oxygen atoms in total. The number of ether oxygens (including phenoxy) is 1. The van der Waals surface area contributed by atoms with E-state index in [1.165, 1.54) is 6.92 Å². The van der Waals surface area contributed by atoms with E-state index in [9.17, 15) is 9.18 Å². The van der Waals surface area contributed by atoms with Crippen molar-refractivity contribution in [2.75, 3.05) is 31.6 Å². The van der Waals surface area contributed by atoms with E-state index in [0.29, 0.717) is 25.9 Å². The first-order chi connectivity index (χ1) is 11.0. The topological polar surface area (TPSA) is 54.5 Å². The van der Waals surface area contributed by atoms with Gasteiger partial charge in [0.25, 0.3) is 0 Å². The predicted molar refractivity (Wildman–Crippen MR) is 90.1 cm³/mol. The van der Waals surface area contributed by atoms with Crippen LogP contribution in [0.4, 0.5) is 9.52 Å². The van der Waals surface area contributed by atoms with Crippen LogP contribution in [0.1, 0.15) is 19.8 Å². The quantitative estimate of drug-likeness (QED) is 0.932. The Morgan fingerprint density at radius 2 is 2.22 bits per heavy atom. The molecule has 0 spiro atoms. The van der Waals surface area contributed by atoms with Crippen LogP contribution < -0.4 is 15.0 Å². The maximum Gasteiger partial charge on any atom is 0.216 e. The molecule has 0 saturated carbocycles. The Bertz CT molecular complexity index is 710. The van der Waals surface area contributed by atoms with Gasteiger partial charge in [0.2, 0.25) is 5.91 Å². The Morgan fingerprint density at radius 1 is 1.48 bits per heavy atom. The van der Waals surface area contributed by atoms with Crippen LogP contribution in [0.3, 0.4) is 0 Å². The van der Waals surface area contributed by atoms with Gasteiger partial charge in [-0.05, 0) is 12.1 Å². The molecule has 0 aliphatic carbocycles. The molecule has 1 saturated heterocycles. The third-order valence-corrected chi connectivity index (χ3v) is 5.26. The van der Waals surface area contributed by atoms with Gasteiger partial charge in [-0.3, -0.25) is 4.79 Å². The highest BCUT2D eigenvalue weighted by molar-refractivity contribution is 7.22. The summed E-state index contributed by atoms with van der Waals surface area (Å²) < 4.78 is 21.1. The van der Waals surface area contributed by atoms with E-state index >= 15 is 0 Å². The zero-order chi connectivity index (χ0) is 16.4. The van der Waals surface area contributed by atoms with Crippen molar-refractivity contribution >= 4 is 32.6 Å². The lowest BCUT2D eigenvalue weighted by atomic mass is 9.93. The van der Waals surface area contributed by atoms with E-state index < -0.39 is 5.67 Å². The Kier molecular flexibility index (Phi) is 4.39. The third-order valence-electron chi connectivity index (χ3n) is 4.17. The van der Waals surface area contributed by atoms with Crippen molar-refractivity contribution in [3.8, 4) is 5.75 Å². The van der Waals surface area contributed by atoms with Crippen molar-refractivity contribution in [2.45, 2.75) is 25.4 Å². The van der Waals surface area contributed by atoms with E-state index in [1.54, 1.807) is 18.4 Å². The van der Waals surface area contributed by atoms with Crippen molar-refractivity contribution in [3.63, 3.8) is 0 Å². The van der Waals surface area contributed by atoms with Crippen LogP contribution in [0.25, 0.3) is 10.2 Å². The largest absolute Gasteiger partial charge is 0.494 e. The minimum atomic E-state index is -1.32. The number of methoxy groups -OCH3 is 1. The second-order valence-corrected chi connectivity index (χ2v) is 6.86. The molecule has 1 aromatic carbocycles. The zero-order valence-electron chi connectivity index (χ0n) is 13.3. The average Bonchev–Trinajstić information content (AvgIpc) is 2.97. The Morgan fingerprint density at radius 3 is 2.87 bits per heavy atom. The predicted octanol–water partition coefficient (Wildman–Crippen LogP) is 2.75. The minimum Gasteiger partial charge on any atom is -0.494 e. The number of thiazole rings is 1. The monoisotopic (exact) mass is 337 g/mol. The van der Waals surface area contributed by atoms with Gasteiger partial charge >= 0.3 is 0 Å². The smallest absolute Gasteiger partial charge is 0.216 e. The summed E-state index contributed by atoms with van der Waals surface area (Å²) in [4.78, 5) is 17.7. The molecule has 0 radical (unpaired) electrons. The van der Waals surface area contributed by atoms with Gasteiger partial charge in [-0.15, -0.1) is 0 Å². The Hall–Kier alpha value is -1.89. The highest BCUT2D eigenvalue weighted by atomic mass is 32.1. The molecule has 2 heterocycles. The van der Waals surface area contributed by atoms with Crippen molar-refractivity contribution in [1.29, 1.82) is 0 Å². The van der Waals surface area contributed by atoms with Gasteiger partial charge in [-0.2, -0.15) is 0 Å². The van der Waals surface area contributed by atoms with Gasteiger partial charge in [-0.25, -0.2) is 9.37 Å². The molecule has 1 N–H and O–H groups in total. The molecule has 1 aromatic heterocycles. The SMILES string of the molecule is COc1cccc2sc(N3CCC(F)(CNC(C)=O)CC3)nc12. The van der Waals surface area contributed by atoms with E-state index in [-0.39, 0.29) is 12.5 Å². The molecule has 1 fully saturated rings. The standard InChI is InChI=1S/C16H20FN3O2S/c1-11(21)18-10-16(17)6-8-20(9-7-16)15-19-14-12(22-2)4-3-5-13(14)23-15/h3-5H,6-10H2,1-2H3,(H,18,21). The highest BCUT2D eigenvalue weighted by Crippen LogP contribution is 2.36. The van der Waals surface area contributed by atoms with Crippen molar-refractivity contribution in [3.05, 3.63) is 18.2 Å². The fourth-order valence-corrected chi connectivity index (χ4v) is 3.80. The second-order valence-electron chi connectivity index (χ2n) is 5.85. The van der Waals surface area contributed by atoms with Gasteiger partial charge < -0.3 is 15.0 Å². The molecule has 0 bridgehead atoms. The normalized spacial score (nSPS) is 17.3. The fourth-order valence-electron chi connectivity index (χ4n) is 2.77. The number of nitrogens with one attached hydrogen (secondary N) is 1. The highest BCUT2D eigenvalue weighted by Gasteiger charge is 2.35. The van der Waals surface area contributed by atoms with Crippen LogP contribution >= 0.6 is 11.3 Å². The van der Waals surface area contributed by atoms with Gasteiger partial charge in [0, 0.05) is 32.9 Å². The van der Waals surface area contributed by atoms with Crippen molar-refractivity contribution in [2.24, 2.45) is 0 Å². The second kappa shape index (κ2) is 6.31. The summed E-state index contributed by atoms with van der Waals surface area (Å²) >= 11 is 1.59. The molecular weight excluding hydrogens is 317 g/mol. The number of carbonyl (C=O) groups excluding carboxylic acids is 1. The number of nitrogens with zero attached hydrogens (tertiary/aromatic N) is 2. The number of alkyl halides is 1. The molecule has 0 unspecified atom stereocenters. The number of hydrogen-bond acceptors (Lipinski definition) is 5. The molecule has 1 aliphatic rings. The molecule has 1 amide bonds. The number of anilines is 1. The summed E-state index contributed by atoms with van der Waals surface area (Å²) in [6.07, 6.45) is 0.778. The van der Waals surface area contributed by atoms with E-state index in [4.69, 9.17) is 4.74 Å². The van der Waals surface area contributed by atoms with Crippen LogP contribution in [0.15, 0.2) is 18.2 Å². The lowest BCUT2D eigenvalue weighted by Crippen LogP contribution is -2.48. The molecule has 2 aromatic rings. The summed E-state index contributed by atoms with van der Waals surface area (Å²) in [6.45, 7) is 2.69. The lowest BCUT2D eigenvalue weighted by Gasteiger charge is -2.36. The number of amides is 1. The van der Waals surface area contributed by atoms with E-state index in [0.717, 1.165) is 21.1 Å². The van der Waals surface area contributed by atoms with E-state index in [1.807, 2.05) is 18.2 Å². The number of benzene rings is 1. The molecule has 3 rings (SSSR count). The van der Waals surface area contributed by atoms with Crippen LogP contribution in [0.2, 0.25) is 0 Å². The number of piperidine rings is 1. The maximum atomic E-state index is 14.7. The van der Waals surface area contributed by atoms with Gasteiger partial charge in [-0.1, -0.05) is 17.4 Å². The maximum absolute atomic E-state index is 14.7. The molecule has 124 valence electrons. The molecule has 7 heteroatoms. The number of fused-ring (bicyclic) bond motifs is 1. The first kappa shape index (κ1) is 16.0. The van der Waals surface area contributed by atoms with Gasteiger partial charge in [0.1, 0.15) is 16.9 Å². The Labute approximate surface area is 138 Å². The van der Waals surface area contributed by atoms with Crippen molar-refractivity contribution in [1.82, 2.24) is 10.3 Å². The van der Waals surface area contributed by atoms with Gasteiger partial charge in [0.15, 0.2) is 5.13 Å². The summed E-state index contributed by atoms with van der Waals surface area (Å²) in [6, 6.07) is 5.85. The van der Waals surface area contributed by atoms with E-state index in [2.05, 4.69) is 15.2 Å². The number of aromatic nitrogens is 1. The van der Waals surface area contributed by atoms with Crippen molar-refractivity contribution < 1.29 is 13.9 Å². The number of hydrogen-bond donors (Lipinski definition) is 1. The Balaban J connectivity index is 1.71. The minimum absolute atomic E-state index is 0.0871. The fraction of sp³-hybridized carbons (Fsp3) is 0.500. The summed E-state index contributed by atoms with van der Waals surface area (Å²) in [5, 5.41) is 3.48. The number of halogens is 1. The first-order valence-corrected chi connectivity index (χ1v) is 8.44. The van der Waals surface area contributed by atoms with Crippen LogP contribution in [0, 0.1) is 0 Å². The zero-order valence-corrected chi connectivity index (χ0v) is 14.1. The average molecular weight is 337 g/mol. The number of carbonyl (C=O) groups is 1. The third kappa shape index (κ3) is 3.39. The molecule has 23 heavy (non-hydrogen) atoms. The molecule has 1 aliphatic heterocycles. The van der Waals surface area contributed by atoms with Crippen LogP contribution in [-0.4, -0.2) is 43.3 Å². The van der Waals surface area contributed by atoms with Crippen LogP contribution in [0.5, 0.6) is 5.75 Å². The lowest BCUT2D eigenvalue weighted by molar-refractivity contribution is -0.119. The summed E-state index contributed by atoms with van der Waals surface area (Å²) in [7, 11) is 1.63. The molecular formula is C16H20FN3O2S. The van der Waals surface area contributed by atoms with Gasteiger partial charge in [0.05, 0.1) is 18.4 Å². The molecule has 0 atom stereocenters. The summed E-state index contributed by atoms with van der Waals surface area (Å²) in [5.74, 6) is 0.565. The summed E-state index contributed by atoms with van der Waals surface area (Å²) in [5.41, 5.74) is -0.471. The number of rotatable bonds is 4. The number of para-hydroxylation sites is 1. The van der Waals surface area contributed by atoms with Crippen LogP contribution in [-0.2, 0) is 4.79 Å². The first-order valence-electron chi connectivity index (χ1n) is 7.63.